The number of carbonyl (C=O) groups is 2. The lowest BCUT2D eigenvalue weighted by molar-refractivity contribution is -0.118. The van der Waals surface area contributed by atoms with Crippen molar-refractivity contribution in [1.82, 2.24) is 19.4 Å². The Morgan fingerprint density at radius 1 is 1.02 bits per heavy atom. The lowest BCUT2D eigenvalue weighted by Gasteiger charge is -2.32. The average Bonchev–Trinajstić information content (AvgIpc) is 3.29. The molecule has 8 nitrogen and oxygen atoms in total. The SMILES string of the molecule is Cc1nc(C)c(-c2ccc3cc(-c4c(C5CCCCC5)c5sc(C(=O)O)cc5n4C4(N5CCSCC5)OC4=O)ccc3n2)s1. The third-order valence-electron chi connectivity index (χ3n) is 9.20. The van der Waals surface area contributed by atoms with Gasteiger partial charge in [0.25, 0.3) is 0 Å². The van der Waals surface area contributed by atoms with E-state index in [0.29, 0.717) is 0 Å². The molecule has 1 aliphatic carbocycles. The van der Waals surface area contributed by atoms with Crippen molar-refractivity contribution >= 4 is 67.5 Å². The number of carboxylic acids is 1. The molecule has 1 aromatic carbocycles. The van der Waals surface area contributed by atoms with Gasteiger partial charge in [0.1, 0.15) is 4.88 Å². The molecule has 6 heterocycles. The zero-order valence-corrected chi connectivity index (χ0v) is 27.0. The van der Waals surface area contributed by atoms with Gasteiger partial charge in [-0.15, -0.1) is 22.7 Å². The highest BCUT2D eigenvalue weighted by Crippen LogP contribution is 2.53. The molecule has 1 saturated carbocycles. The molecule has 5 aromatic rings. The van der Waals surface area contributed by atoms with Crippen LogP contribution in [0, 0.1) is 13.8 Å². The Bertz CT molecular complexity index is 1960. The van der Waals surface area contributed by atoms with Crippen LogP contribution in [0.2, 0.25) is 0 Å². The van der Waals surface area contributed by atoms with Crippen molar-refractivity contribution in [2.24, 2.45) is 0 Å². The quantitative estimate of drug-likeness (QED) is 0.189. The molecule has 0 radical (unpaired) electrons. The Morgan fingerprint density at radius 2 is 1.80 bits per heavy atom. The molecular weight excluding hydrogens is 613 g/mol. The highest BCUT2D eigenvalue weighted by Gasteiger charge is 2.66. The number of ether oxygens (including phenoxy) is 1. The fourth-order valence-electron chi connectivity index (χ4n) is 7.17. The summed E-state index contributed by atoms with van der Waals surface area (Å²) in [5.74, 6) is -0.362. The Hall–Kier alpha value is -3.25. The highest BCUT2D eigenvalue weighted by atomic mass is 32.2. The van der Waals surface area contributed by atoms with Gasteiger partial charge in [-0.3, -0.25) is 4.57 Å². The minimum atomic E-state index is -1.25. The van der Waals surface area contributed by atoms with Gasteiger partial charge >= 0.3 is 17.8 Å². The summed E-state index contributed by atoms with van der Waals surface area (Å²) < 4.78 is 9.03. The monoisotopic (exact) mass is 644 g/mol. The molecule has 226 valence electrons. The molecule has 4 aromatic heterocycles. The van der Waals surface area contributed by atoms with E-state index in [1.807, 2.05) is 25.6 Å². The minimum Gasteiger partial charge on any atom is -0.477 e. The van der Waals surface area contributed by atoms with E-state index >= 15 is 0 Å². The van der Waals surface area contributed by atoms with Crippen LogP contribution in [0.15, 0.2) is 36.4 Å². The van der Waals surface area contributed by atoms with Crippen molar-refractivity contribution in [1.29, 1.82) is 0 Å². The van der Waals surface area contributed by atoms with Crippen LogP contribution in [0.1, 0.15) is 64.0 Å². The molecular formula is C33H32N4O4S3. The molecule has 3 fully saturated rings. The lowest BCUT2D eigenvalue weighted by atomic mass is 9.83. The average molecular weight is 645 g/mol. The molecule has 0 bridgehead atoms. The van der Waals surface area contributed by atoms with Crippen molar-refractivity contribution in [3.63, 3.8) is 0 Å². The number of thiophene rings is 1. The number of aryl methyl sites for hydroxylation is 2. The summed E-state index contributed by atoms with van der Waals surface area (Å²) in [4.78, 5) is 38.8. The summed E-state index contributed by atoms with van der Waals surface area (Å²) in [6.45, 7) is 5.49. The summed E-state index contributed by atoms with van der Waals surface area (Å²) >= 11 is 4.86. The number of nitrogens with zero attached hydrogens (tertiary/aromatic N) is 4. The first-order valence-corrected chi connectivity index (χ1v) is 18.0. The number of hydrogen-bond acceptors (Lipinski definition) is 9. The Balaban J connectivity index is 1.36. The smallest absolute Gasteiger partial charge is 0.394 e. The van der Waals surface area contributed by atoms with E-state index in [0.717, 1.165) is 109 Å². The minimum absolute atomic E-state index is 0.275. The number of aromatic nitrogens is 3. The van der Waals surface area contributed by atoms with Crippen LogP contribution >= 0.6 is 34.4 Å². The van der Waals surface area contributed by atoms with Crippen molar-refractivity contribution in [2.45, 2.75) is 57.7 Å². The predicted octanol–water partition coefficient (Wildman–Crippen LogP) is 7.62. The first-order chi connectivity index (χ1) is 21.3. The van der Waals surface area contributed by atoms with E-state index in [1.165, 1.54) is 17.8 Å². The molecule has 2 aliphatic heterocycles. The maximum absolute atomic E-state index is 13.5. The van der Waals surface area contributed by atoms with Crippen molar-refractivity contribution in [2.75, 3.05) is 24.6 Å². The molecule has 1 unspecified atom stereocenters. The third kappa shape index (κ3) is 4.42. The van der Waals surface area contributed by atoms with Crippen LogP contribution in [0.3, 0.4) is 0 Å². The molecule has 1 atom stereocenters. The van der Waals surface area contributed by atoms with Gasteiger partial charge in [-0.25, -0.2) is 24.5 Å². The largest absolute Gasteiger partial charge is 0.477 e. The number of hydrogen-bond donors (Lipinski definition) is 1. The van der Waals surface area contributed by atoms with Gasteiger partial charge in [-0.05, 0) is 68.0 Å². The van der Waals surface area contributed by atoms with Crippen LogP contribution in [0.5, 0.6) is 0 Å². The summed E-state index contributed by atoms with van der Waals surface area (Å²) in [6, 6.07) is 12.3. The number of thioether (sulfide) groups is 1. The number of carboxylic acid groups (broad SMARTS) is 1. The number of fused-ring (bicyclic) bond motifs is 2. The van der Waals surface area contributed by atoms with Crippen LogP contribution in [-0.2, 0) is 15.4 Å². The molecule has 8 rings (SSSR count). The molecule has 44 heavy (non-hydrogen) atoms. The lowest BCUT2D eigenvalue weighted by Crippen LogP contribution is -2.46. The summed E-state index contributed by atoms with van der Waals surface area (Å²) in [7, 11) is 0. The van der Waals surface area contributed by atoms with Gasteiger partial charge in [0.15, 0.2) is 0 Å². The summed E-state index contributed by atoms with van der Waals surface area (Å²) in [5.41, 5.74) is 6.70. The first-order valence-electron chi connectivity index (χ1n) is 15.2. The fraction of sp³-hybridized carbons (Fsp3) is 0.394. The maximum Gasteiger partial charge on any atom is 0.394 e. The number of pyridine rings is 1. The van der Waals surface area contributed by atoms with E-state index in [4.69, 9.17) is 9.72 Å². The maximum atomic E-state index is 13.5. The van der Waals surface area contributed by atoms with Crippen molar-refractivity contribution in [3.8, 4) is 21.8 Å². The molecule has 11 heteroatoms. The summed E-state index contributed by atoms with van der Waals surface area (Å²) in [6.07, 6.45) is 5.57. The van der Waals surface area contributed by atoms with E-state index in [1.54, 1.807) is 17.4 Å². The van der Waals surface area contributed by atoms with Crippen LogP contribution in [0.4, 0.5) is 0 Å². The number of cyclic esters (lactones) is 1. The van der Waals surface area contributed by atoms with E-state index < -0.39 is 11.8 Å². The van der Waals surface area contributed by atoms with E-state index in [2.05, 4.69) is 44.8 Å². The number of epoxide rings is 1. The van der Waals surface area contributed by atoms with Crippen LogP contribution in [0.25, 0.3) is 42.9 Å². The van der Waals surface area contributed by atoms with Gasteiger partial charge in [0, 0.05) is 30.0 Å². The molecule has 1 N–H and O–H groups in total. The van der Waals surface area contributed by atoms with Crippen molar-refractivity contribution in [3.05, 3.63) is 57.5 Å². The standard InChI is InChI=1S/C33H32N4O4S3/c1-18-29(43-19(2)34-18)24-11-8-21-16-22(9-10-23(21)35-24)28-27(20-6-4-3-5-7-20)30-25(17-26(44-30)31(38)39)37(28)33(32(40)41-33)36-12-14-42-15-13-36/h8-11,16-17,20H,3-7,12-15H2,1-2H3,(H,38,39). The van der Waals surface area contributed by atoms with Gasteiger partial charge in [0.05, 0.1) is 42.7 Å². The Labute approximate surface area is 267 Å². The second-order valence-corrected chi connectivity index (χ2v) is 15.4. The molecule has 0 spiro atoms. The van der Waals surface area contributed by atoms with Gasteiger partial charge in [-0.2, -0.15) is 11.8 Å². The molecule has 0 amide bonds. The van der Waals surface area contributed by atoms with Crippen LogP contribution in [-0.4, -0.2) is 61.1 Å². The first kappa shape index (κ1) is 28.2. The Morgan fingerprint density at radius 3 is 2.48 bits per heavy atom. The third-order valence-corrected chi connectivity index (χ3v) is 12.4. The highest BCUT2D eigenvalue weighted by molar-refractivity contribution is 7.99. The molecule has 2 saturated heterocycles. The van der Waals surface area contributed by atoms with Gasteiger partial charge < -0.3 is 9.84 Å². The normalized spacial score (nSPS) is 21.3. The van der Waals surface area contributed by atoms with E-state index in [9.17, 15) is 14.7 Å². The second-order valence-electron chi connectivity index (χ2n) is 11.9. The molecule has 3 aliphatic rings. The zero-order chi connectivity index (χ0) is 30.2. The Kier molecular flexibility index (Phi) is 6.86. The fourth-order valence-corrected chi connectivity index (χ4v) is 10.1. The van der Waals surface area contributed by atoms with Gasteiger partial charge in [0.2, 0.25) is 0 Å². The second kappa shape index (κ2) is 10.7. The van der Waals surface area contributed by atoms with Gasteiger partial charge in [-0.1, -0.05) is 31.4 Å². The predicted molar refractivity (Wildman–Crippen MR) is 177 cm³/mol. The number of rotatable bonds is 6. The number of aromatic carboxylic acids is 1. The number of carbonyl (C=O) groups excluding carboxylic acids is 1. The number of benzene rings is 1. The zero-order valence-electron chi connectivity index (χ0n) is 24.6. The van der Waals surface area contributed by atoms with Crippen molar-refractivity contribution < 1.29 is 19.4 Å². The van der Waals surface area contributed by atoms with E-state index in [-0.39, 0.29) is 16.8 Å². The topological polar surface area (TPSA) is 101 Å². The van der Waals surface area contributed by atoms with Crippen LogP contribution < -0.4 is 0 Å². The number of thiazole rings is 1. The summed E-state index contributed by atoms with van der Waals surface area (Å²) in [5, 5.41) is 12.1.